The number of thiophene rings is 1. The molecule has 1 amide bonds. The molecule has 19 heavy (non-hydrogen) atoms. The van der Waals surface area contributed by atoms with Crippen LogP contribution in [0.3, 0.4) is 0 Å². The zero-order valence-electron chi connectivity index (χ0n) is 12.4. The Labute approximate surface area is 120 Å². The first kappa shape index (κ1) is 14.5. The minimum atomic E-state index is -0.0638. The highest BCUT2D eigenvalue weighted by atomic mass is 32.1. The number of hydrogen-bond donors (Lipinski definition) is 1. The third-order valence-corrected chi connectivity index (χ3v) is 4.77. The van der Waals surface area contributed by atoms with Gasteiger partial charge in [0.1, 0.15) is 6.17 Å². The summed E-state index contributed by atoms with van der Waals surface area (Å²) in [4.78, 5) is 14.7. The van der Waals surface area contributed by atoms with Crippen LogP contribution in [-0.4, -0.2) is 22.9 Å². The van der Waals surface area contributed by atoms with Crippen LogP contribution in [0.1, 0.15) is 46.3 Å². The largest absolute Gasteiger partial charge is 0.319 e. The molecule has 106 valence electrons. The van der Waals surface area contributed by atoms with Gasteiger partial charge in [-0.25, -0.2) is 0 Å². The van der Waals surface area contributed by atoms with E-state index in [2.05, 4.69) is 56.8 Å². The molecule has 2 rings (SSSR count). The third-order valence-electron chi connectivity index (χ3n) is 4.07. The highest BCUT2D eigenvalue weighted by molar-refractivity contribution is 7.07. The maximum Gasteiger partial charge on any atom is 0.241 e. The van der Waals surface area contributed by atoms with Crippen LogP contribution in [0.4, 0.5) is 0 Å². The third kappa shape index (κ3) is 2.70. The first-order valence-corrected chi connectivity index (χ1v) is 7.98. The number of carbonyl (C=O) groups is 1. The van der Waals surface area contributed by atoms with Crippen molar-refractivity contribution in [1.29, 1.82) is 0 Å². The molecule has 1 aromatic heterocycles. The van der Waals surface area contributed by atoms with Crippen LogP contribution in [0.25, 0.3) is 0 Å². The smallest absolute Gasteiger partial charge is 0.241 e. The fourth-order valence-electron chi connectivity index (χ4n) is 2.53. The molecule has 3 unspecified atom stereocenters. The zero-order chi connectivity index (χ0) is 14.2. The van der Waals surface area contributed by atoms with Crippen molar-refractivity contribution in [2.75, 3.05) is 0 Å². The van der Waals surface area contributed by atoms with Gasteiger partial charge in [-0.15, -0.1) is 0 Å². The maximum absolute atomic E-state index is 12.7. The van der Waals surface area contributed by atoms with Crippen LogP contribution in [-0.2, 0) is 4.79 Å². The number of nitrogens with one attached hydrogen (secondary N) is 1. The molecule has 3 nitrogen and oxygen atoms in total. The molecule has 1 aliphatic rings. The molecular formula is C15H24N2OS. The van der Waals surface area contributed by atoms with Gasteiger partial charge >= 0.3 is 0 Å². The molecule has 0 saturated carbocycles. The van der Waals surface area contributed by atoms with E-state index in [0.29, 0.717) is 11.8 Å². The van der Waals surface area contributed by atoms with Crippen LogP contribution in [0.2, 0.25) is 0 Å². The Balaban J connectivity index is 2.31. The van der Waals surface area contributed by atoms with E-state index in [0.717, 1.165) is 0 Å². The van der Waals surface area contributed by atoms with Gasteiger partial charge in [0.05, 0.1) is 6.04 Å². The minimum Gasteiger partial charge on any atom is -0.319 e. The molecule has 0 spiro atoms. The van der Waals surface area contributed by atoms with Crippen molar-refractivity contribution in [2.45, 2.75) is 52.9 Å². The molecule has 0 bridgehead atoms. The average Bonchev–Trinajstić information content (AvgIpc) is 2.94. The Morgan fingerprint density at radius 1 is 1.26 bits per heavy atom. The van der Waals surface area contributed by atoms with E-state index in [-0.39, 0.29) is 24.2 Å². The summed E-state index contributed by atoms with van der Waals surface area (Å²) in [5.41, 5.74) is 1.20. The van der Waals surface area contributed by atoms with Crippen molar-refractivity contribution >= 4 is 17.2 Å². The molecule has 3 atom stereocenters. The molecule has 4 heteroatoms. The van der Waals surface area contributed by atoms with E-state index < -0.39 is 0 Å². The fraction of sp³-hybridized carbons (Fsp3) is 0.667. The second-order valence-corrected chi connectivity index (χ2v) is 6.86. The summed E-state index contributed by atoms with van der Waals surface area (Å²) in [6, 6.07) is 2.29. The van der Waals surface area contributed by atoms with E-state index in [4.69, 9.17) is 0 Å². The molecular weight excluding hydrogens is 256 g/mol. The molecule has 0 aliphatic carbocycles. The van der Waals surface area contributed by atoms with Gasteiger partial charge in [0.15, 0.2) is 0 Å². The van der Waals surface area contributed by atoms with Crippen molar-refractivity contribution in [3.8, 4) is 0 Å². The van der Waals surface area contributed by atoms with E-state index in [9.17, 15) is 4.79 Å². The van der Waals surface area contributed by atoms with Crippen LogP contribution in [0.15, 0.2) is 16.8 Å². The first-order chi connectivity index (χ1) is 8.93. The second kappa shape index (κ2) is 5.63. The molecule has 1 aromatic rings. The zero-order valence-corrected chi connectivity index (χ0v) is 13.2. The Kier molecular flexibility index (Phi) is 4.31. The van der Waals surface area contributed by atoms with E-state index in [1.807, 2.05) is 4.90 Å². The maximum atomic E-state index is 12.7. The molecule has 1 fully saturated rings. The summed E-state index contributed by atoms with van der Waals surface area (Å²) in [5.74, 6) is 1.02. The molecule has 2 heterocycles. The highest BCUT2D eigenvalue weighted by Gasteiger charge is 2.43. The number of carbonyl (C=O) groups excluding carboxylic acids is 1. The number of amides is 1. The molecule has 1 saturated heterocycles. The van der Waals surface area contributed by atoms with Gasteiger partial charge in [-0.05, 0) is 41.1 Å². The summed E-state index contributed by atoms with van der Waals surface area (Å²) in [6.07, 6.45) is 0.0311. The molecule has 0 radical (unpaired) electrons. The Bertz CT molecular complexity index is 427. The number of nitrogens with zero attached hydrogens (tertiary/aromatic N) is 1. The SMILES string of the molecule is CC(C)C1NC(c2ccsc2)N(C(C)C(C)C)C1=O. The topological polar surface area (TPSA) is 32.3 Å². The lowest BCUT2D eigenvalue weighted by atomic mass is 10.0. The number of rotatable bonds is 4. The predicted molar refractivity (Wildman–Crippen MR) is 80.0 cm³/mol. The summed E-state index contributed by atoms with van der Waals surface area (Å²) < 4.78 is 0. The van der Waals surface area contributed by atoms with Gasteiger partial charge in [0, 0.05) is 6.04 Å². The predicted octanol–water partition coefficient (Wildman–Crippen LogP) is 3.25. The lowest BCUT2D eigenvalue weighted by Gasteiger charge is -2.32. The van der Waals surface area contributed by atoms with Gasteiger partial charge in [-0.3, -0.25) is 10.1 Å². The average molecular weight is 280 g/mol. The van der Waals surface area contributed by atoms with Crippen LogP contribution >= 0.6 is 11.3 Å². The van der Waals surface area contributed by atoms with Gasteiger partial charge in [-0.2, -0.15) is 11.3 Å². The van der Waals surface area contributed by atoms with Gasteiger partial charge in [-0.1, -0.05) is 27.7 Å². The van der Waals surface area contributed by atoms with Crippen molar-refractivity contribution < 1.29 is 4.79 Å². The van der Waals surface area contributed by atoms with Crippen LogP contribution < -0.4 is 5.32 Å². The molecule has 1 aliphatic heterocycles. The van der Waals surface area contributed by atoms with Crippen molar-refractivity contribution in [3.63, 3.8) is 0 Å². The molecule has 0 aromatic carbocycles. The Hall–Kier alpha value is -0.870. The first-order valence-electron chi connectivity index (χ1n) is 7.03. The van der Waals surface area contributed by atoms with E-state index >= 15 is 0 Å². The van der Waals surface area contributed by atoms with Crippen molar-refractivity contribution in [1.82, 2.24) is 10.2 Å². The standard InChI is InChI=1S/C15H24N2OS/c1-9(2)11(5)17-14(12-6-7-19-8-12)16-13(10(3)4)15(17)18/h6-11,13-14,16H,1-5H3. The van der Waals surface area contributed by atoms with Crippen LogP contribution in [0, 0.1) is 11.8 Å². The lowest BCUT2D eigenvalue weighted by molar-refractivity contribution is -0.133. The van der Waals surface area contributed by atoms with E-state index in [1.165, 1.54) is 5.56 Å². The van der Waals surface area contributed by atoms with Gasteiger partial charge < -0.3 is 4.90 Å². The van der Waals surface area contributed by atoms with Gasteiger partial charge in [0.2, 0.25) is 5.91 Å². The monoisotopic (exact) mass is 280 g/mol. The fourth-order valence-corrected chi connectivity index (χ4v) is 3.21. The summed E-state index contributed by atoms with van der Waals surface area (Å²) in [5, 5.41) is 7.72. The van der Waals surface area contributed by atoms with Gasteiger partial charge in [0.25, 0.3) is 0 Å². The van der Waals surface area contributed by atoms with E-state index in [1.54, 1.807) is 11.3 Å². The van der Waals surface area contributed by atoms with Crippen molar-refractivity contribution in [2.24, 2.45) is 11.8 Å². The summed E-state index contributed by atoms with van der Waals surface area (Å²) >= 11 is 1.68. The normalized spacial score (nSPS) is 25.6. The Morgan fingerprint density at radius 2 is 1.95 bits per heavy atom. The number of hydrogen-bond acceptors (Lipinski definition) is 3. The highest BCUT2D eigenvalue weighted by Crippen LogP contribution is 2.32. The lowest BCUT2D eigenvalue weighted by Crippen LogP contribution is -2.41. The minimum absolute atomic E-state index is 0.0311. The Morgan fingerprint density at radius 3 is 2.42 bits per heavy atom. The second-order valence-electron chi connectivity index (χ2n) is 6.08. The van der Waals surface area contributed by atoms with Crippen LogP contribution in [0.5, 0.6) is 0 Å². The summed E-state index contributed by atoms with van der Waals surface area (Å²) in [7, 11) is 0. The van der Waals surface area contributed by atoms with Crippen molar-refractivity contribution in [3.05, 3.63) is 22.4 Å². The summed E-state index contributed by atoms with van der Waals surface area (Å²) in [6.45, 7) is 10.7. The molecule has 1 N–H and O–H groups in total. The quantitative estimate of drug-likeness (QED) is 0.918.